The molecule has 0 heterocycles. The van der Waals surface area contributed by atoms with Gasteiger partial charge in [0.15, 0.2) is 0 Å². The quantitative estimate of drug-likeness (QED) is 0.384. The maximum atomic E-state index is 11.4. The van der Waals surface area contributed by atoms with Crippen molar-refractivity contribution in [2.24, 2.45) is 0 Å². The van der Waals surface area contributed by atoms with Gasteiger partial charge < -0.3 is 14.6 Å². The van der Waals surface area contributed by atoms with E-state index in [-0.39, 0.29) is 45.0 Å². The molecule has 0 rings (SSSR count). The number of carbonyl (C=O) groups excluding carboxylic acids is 1. The summed E-state index contributed by atoms with van der Waals surface area (Å²) in [5.74, 6) is -0.547. The maximum absolute atomic E-state index is 11.4. The van der Waals surface area contributed by atoms with Crippen LogP contribution in [-0.2, 0) is 24.3 Å². The second-order valence-electron chi connectivity index (χ2n) is 3.23. The molecule has 17 heavy (non-hydrogen) atoms. The van der Waals surface area contributed by atoms with Crippen molar-refractivity contribution in [3.63, 3.8) is 0 Å². The van der Waals surface area contributed by atoms with Crippen molar-refractivity contribution in [3.05, 3.63) is 0 Å². The van der Waals surface area contributed by atoms with E-state index in [1.165, 1.54) is 7.11 Å². The van der Waals surface area contributed by atoms with Gasteiger partial charge in [-0.3, -0.25) is 4.79 Å². The third kappa shape index (κ3) is 10.2. The average Bonchev–Trinajstić information content (AvgIpc) is 2.28. The summed E-state index contributed by atoms with van der Waals surface area (Å²) in [5.41, 5.74) is 0. The van der Waals surface area contributed by atoms with Crippen LogP contribution in [0, 0.1) is 0 Å². The molecule has 0 fully saturated rings. The summed E-state index contributed by atoms with van der Waals surface area (Å²) in [6.45, 7) is 0.452. The first kappa shape index (κ1) is 16.3. The highest BCUT2D eigenvalue weighted by Crippen LogP contribution is 1.96. The van der Waals surface area contributed by atoms with Crippen LogP contribution in [0.3, 0.4) is 0 Å². The smallest absolute Gasteiger partial charge is 0.305 e. The SMILES string of the molecule is COC(=O)CCCS(=O)(=O)NCCOCCO. The molecule has 0 spiro atoms. The first-order valence-electron chi connectivity index (χ1n) is 5.24. The number of rotatable bonds is 10. The molecule has 0 bridgehead atoms. The number of methoxy groups -OCH3 is 1. The summed E-state index contributed by atoms with van der Waals surface area (Å²) in [5, 5.41) is 8.41. The molecule has 0 radical (unpaired) electrons. The van der Waals surface area contributed by atoms with Crippen LogP contribution in [0.15, 0.2) is 0 Å². The number of ether oxygens (including phenoxy) is 2. The van der Waals surface area contributed by atoms with Gasteiger partial charge >= 0.3 is 5.97 Å². The summed E-state index contributed by atoms with van der Waals surface area (Å²) >= 11 is 0. The minimum absolute atomic E-state index is 0.0818. The van der Waals surface area contributed by atoms with Gasteiger partial charge in [-0.1, -0.05) is 0 Å². The van der Waals surface area contributed by atoms with Gasteiger partial charge in [-0.25, -0.2) is 13.1 Å². The highest BCUT2D eigenvalue weighted by molar-refractivity contribution is 7.89. The van der Waals surface area contributed by atoms with Gasteiger partial charge in [0.25, 0.3) is 0 Å². The van der Waals surface area contributed by atoms with E-state index in [1.807, 2.05) is 0 Å². The van der Waals surface area contributed by atoms with Gasteiger partial charge in [-0.2, -0.15) is 0 Å². The topological polar surface area (TPSA) is 102 Å². The van der Waals surface area contributed by atoms with Crippen molar-refractivity contribution in [3.8, 4) is 0 Å². The summed E-state index contributed by atoms with van der Waals surface area (Å²) in [7, 11) is -2.12. The van der Waals surface area contributed by atoms with E-state index in [0.29, 0.717) is 0 Å². The largest absolute Gasteiger partial charge is 0.469 e. The monoisotopic (exact) mass is 269 g/mol. The van der Waals surface area contributed by atoms with Crippen LogP contribution < -0.4 is 4.72 Å². The van der Waals surface area contributed by atoms with Crippen LogP contribution in [0.4, 0.5) is 0 Å². The van der Waals surface area contributed by atoms with Gasteiger partial charge in [0.05, 0.1) is 32.7 Å². The predicted octanol–water partition coefficient (Wildman–Crippen LogP) is -1.13. The molecule has 0 aromatic rings. The van der Waals surface area contributed by atoms with Gasteiger partial charge in [0.2, 0.25) is 10.0 Å². The minimum atomic E-state index is -3.37. The summed E-state index contributed by atoms with van der Waals surface area (Å²) in [4.78, 5) is 10.7. The molecule has 0 aliphatic carbocycles. The fourth-order valence-electron chi connectivity index (χ4n) is 1.02. The Labute approximate surface area is 101 Å². The molecule has 2 N–H and O–H groups in total. The fraction of sp³-hybridized carbons (Fsp3) is 0.889. The normalized spacial score (nSPS) is 11.4. The van der Waals surface area contributed by atoms with E-state index in [0.717, 1.165) is 0 Å². The van der Waals surface area contributed by atoms with E-state index in [9.17, 15) is 13.2 Å². The number of carbonyl (C=O) groups is 1. The van der Waals surface area contributed by atoms with Gasteiger partial charge in [-0.15, -0.1) is 0 Å². The number of nitrogens with one attached hydrogen (secondary N) is 1. The number of hydrogen-bond donors (Lipinski definition) is 2. The third-order valence-electron chi connectivity index (χ3n) is 1.83. The molecular formula is C9H19NO6S. The lowest BCUT2D eigenvalue weighted by molar-refractivity contribution is -0.140. The number of sulfonamides is 1. The Bertz CT molecular complexity index is 303. The van der Waals surface area contributed by atoms with Crippen molar-refractivity contribution in [2.45, 2.75) is 12.8 Å². The Morgan fingerprint density at radius 3 is 2.65 bits per heavy atom. The predicted molar refractivity (Wildman–Crippen MR) is 60.9 cm³/mol. The highest BCUT2D eigenvalue weighted by Gasteiger charge is 2.10. The second-order valence-corrected chi connectivity index (χ2v) is 5.16. The molecule has 102 valence electrons. The van der Waals surface area contributed by atoms with Crippen LogP contribution in [-0.4, -0.2) is 58.7 Å². The lowest BCUT2D eigenvalue weighted by Gasteiger charge is -2.06. The van der Waals surface area contributed by atoms with E-state index in [4.69, 9.17) is 9.84 Å². The van der Waals surface area contributed by atoms with Gasteiger partial charge in [-0.05, 0) is 6.42 Å². The number of aliphatic hydroxyl groups is 1. The Balaban J connectivity index is 3.62. The lowest BCUT2D eigenvalue weighted by Crippen LogP contribution is -2.30. The molecule has 0 aliphatic rings. The zero-order valence-electron chi connectivity index (χ0n) is 9.85. The van der Waals surface area contributed by atoms with Gasteiger partial charge in [0.1, 0.15) is 0 Å². The Morgan fingerprint density at radius 1 is 1.35 bits per heavy atom. The molecule has 0 saturated heterocycles. The van der Waals surface area contributed by atoms with Crippen molar-refractivity contribution in [1.29, 1.82) is 0 Å². The number of esters is 1. The summed E-state index contributed by atoms with van der Waals surface area (Å²) in [6.07, 6.45) is 0.303. The van der Waals surface area contributed by atoms with Crippen LogP contribution >= 0.6 is 0 Å². The molecule has 0 amide bonds. The molecule has 0 atom stereocenters. The van der Waals surface area contributed by atoms with Crippen molar-refractivity contribution in [2.75, 3.05) is 39.2 Å². The molecular weight excluding hydrogens is 250 g/mol. The van der Waals surface area contributed by atoms with Crippen molar-refractivity contribution >= 4 is 16.0 Å². The molecule has 7 nitrogen and oxygen atoms in total. The average molecular weight is 269 g/mol. The zero-order valence-corrected chi connectivity index (χ0v) is 10.7. The Morgan fingerprint density at radius 2 is 2.06 bits per heavy atom. The van der Waals surface area contributed by atoms with Crippen LogP contribution in [0.1, 0.15) is 12.8 Å². The maximum Gasteiger partial charge on any atom is 0.305 e. The van der Waals surface area contributed by atoms with Gasteiger partial charge in [0, 0.05) is 13.0 Å². The highest BCUT2D eigenvalue weighted by atomic mass is 32.2. The van der Waals surface area contributed by atoms with E-state index in [1.54, 1.807) is 0 Å². The molecule has 0 aliphatic heterocycles. The summed E-state index contributed by atoms with van der Waals surface area (Å²) < 4.78 is 34.3. The van der Waals surface area contributed by atoms with Crippen LogP contribution in [0.25, 0.3) is 0 Å². The first-order valence-corrected chi connectivity index (χ1v) is 6.90. The summed E-state index contributed by atoms with van der Waals surface area (Å²) in [6, 6.07) is 0. The molecule has 8 heteroatoms. The molecule has 0 aromatic carbocycles. The Hall–Kier alpha value is -0.700. The van der Waals surface area contributed by atoms with E-state index < -0.39 is 16.0 Å². The number of aliphatic hydroxyl groups excluding tert-OH is 1. The van der Waals surface area contributed by atoms with E-state index >= 15 is 0 Å². The first-order chi connectivity index (χ1) is 8.02. The lowest BCUT2D eigenvalue weighted by atomic mass is 10.3. The van der Waals surface area contributed by atoms with Crippen molar-refractivity contribution in [1.82, 2.24) is 4.72 Å². The van der Waals surface area contributed by atoms with Crippen LogP contribution in [0.2, 0.25) is 0 Å². The fourth-order valence-corrected chi connectivity index (χ4v) is 2.08. The van der Waals surface area contributed by atoms with E-state index in [2.05, 4.69) is 9.46 Å². The minimum Gasteiger partial charge on any atom is -0.469 e. The zero-order chi connectivity index (χ0) is 13.1. The van der Waals surface area contributed by atoms with Crippen LogP contribution in [0.5, 0.6) is 0 Å². The number of hydrogen-bond acceptors (Lipinski definition) is 6. The van der Waals surface area contributed by atoms with Crippen molar-refractivity contribution < 1.29 is 27.8 Å². The molecule has 0 aromatic heterocycles. The third-order valence-corrected chi connectivity index (χ3v) is 3.30. The Kier molecular flexibility index (Phi) is 8.96. The standard InChI is InChI=1S/C9H19NO6S/c1-15-9(12)3-2-8-17(13,14)10-4-6-16-7-5-11/h10-11H,2-8H2,1H3. The second kappa shape index (κ2) is 9.34. The molecule has 0 unspecified atom stereocenters. The molecule has 0 saturated carbocycles.